The maximum Gasteiger partial charge on any atom is 0.234 e. The highest BCUT2D eigenvalue weighted by molar-refractivity contribution is 8.01. The Morgan fingerprint density at radius 3 is 2.36 bits per heavy atom. The van der Waals surface area contributed by atoms with Crippen molar-refractivity contribution in [2.75, 3.05) is 21.3 Å². The van der Waals surface area contributed by atoms with Crippen LogP contribution in [0.1, 0.15) is 33.1 Å². The van der Waals surface area contributed by atoms with Gasteiger partial charge in [0.15, 0.2) is 4.34 Å². The molecule has 10 heteroatoms. The van der Waals surface area contributed by atoms with E-state index in [0.717, 1.165) is 12.8 Å². The summed E-state index contributed by atoms with van der Waals surface area (Å²) in [6, 6.07) is 7.13. The number of anilines is 3. The van der Waals surface area contributed by atoms with Crippen LogP contribution in [0.2, 0.25) is 0 Å². The number of thioether (sulfide) groups is 1. The van der Waals surface area contributed by atoms with Gasteiger partial charge in [-0.3, -0.25) is 19.3 Å². The number of carbonyl (C=O) groups is 3. The Morgan fingerprint density at radius 2 is 1.79 bits per heavy atom. The number of hydrogen-bond donors (Lipinski definition) is 2. The van der Waals surface area contributed by atoms with Gasteiger partial charge in [-0.2, -0.15) is 0 Å². The highest BCUT2D eigenvalue weighted by Gasteiger charge is 2.35. The molecule has 2 aromatic rings. The van der Waals surface area contributed by atoms with E-state index in [4.69, 9.17) is 0 Å². The van der Waals surface area contributed by atoms with E-state index in [1.54, 1.807) is 29.2 Å². The molecular weight excluding hydrogens is 398 g/mol. The Kier molecular flexibility index (Phi) is 6.63. The molecule has 1 aromatic heterocycles. The lowest BCUT2D eigenvalue weighted by atomic mass is 10.3. The predicted octanol–water partition coefficient (Wildman–Crippen LogP) is 3.13. The lowest BCUT2D eigenvalue weighted by Crippen LogP contribution is -2.32. The van der Waals surface area contributed by atoms with Gasteiger partial charge in [0.05, 0.1) is 5.75 Å². The maximum atomic E-state index is 12.2. The van der Waals surface area contributed by atoms with Crippen LogP contribution >= 0.6 is 23.1 Å². The third-order valence-corrected chi connectivity index (χ3v) is 5.96. The van der Waals surface area contributed by atoms with Crippen LogP contribution in [-0.2, 0) is 14.4 Å². The number of rotatable bonds is 8. The summed E-state index contributed by atoms with van der Waals surface area (Å²) in [6.45, 7) is 3.27. The number of nitrogens with one attached hydrogen (secondary N) is 2. The van der Waals surface area contributed by atoms with Crippen molar-refractivity contribution in [3.05, 3.63) is 24.3 Å². The van der Waals surface area contributed by atoms with E-state index >= 15 is 0 Å². The Morgan fingerprint density at radius 1 is 1.14 bits per heavy atom. The summed E-state index contributed by atoms with van der Waals surface area (Å²) in [6.07, 6.45) is 2.43. The van der Waals surface area contributed by atoms with Crippen molar-refractivity contribution in [2.45, 2.75) is 43.5 Å². The van der Waals surface area contributed by atoms with Crippen molar-refractivity contribution < 1.29 is 14.4 Å². The van der Waals surface area contributed by atoms with Crippen molar-refractivity contribution in [3.8, 4) is 0 Å². The second kappa shape index (κ2) is 9.16. The zero-order valence-electron chi connectivity index (χ0n) is 15.6. The molecule has 8 nitrogen and oxygen atoms in total. The molecule has 28 heavy (non-hydrogen) atoms. The minimum Gasteiger partial charge on any atom is -0.326 e. The molecule has 0 spiro atoms. The molecule has 1 heterocycles. The van der Waals surface area contributed by atoms with Crippen LogP contribution in [0.5, 0.6) is 0 Å². The molecule has 0 radical (unpaired) electrons. The van der Waals surface area contributed by atoms with E-state index in [0.29, 0.717) is 27.3 Å². The summed E-state index contributed by atoms with van der Waals surface area (Å²) in [7, 11) is 0. The molecule has 3 amide bonds. The molecule has 0 atom stereocenters. The molecule has 1 aromatic carbocycles. The topological polar surface area (TPSA) is 104 Å². The van der Waals surface area contributed by atoms with Crippen LogP contribution in [0.4, 0.5) is 16.5 Å². The largest absolute Gasteiger partial charge is 0.326 e. The first kappa shape index (κ1) is 20.3. The highest BCUT2D eigenvalue weighted by atomic mass is 32.2. The monoisotopic (exact) mass is 419 g/mol. The van der Waals surface area contributed by atoms with E-state index < -0.39 is 0 Å². The Bertz CT molecular complexity index is 864. The normalized spacial score (nSPS) is 13.1. The molecule has 1 aliphatic carbocycles. The minimum atomic E-state index is -0.169. The van der Waals surface area contributed by atoms with Crippen molar-refractivity contribution in [3.63, 3.8) is 0 Å². The number of aromatic nitrogens is 2. The third-order valence-electron chi connectivity index (χ3n) is 3.90. The van der Waals surface area contributed by atoms with Crippen LogP contribution in [0.25, 0.3) is 0 Å². The van der Waals surface area contributed by atoms with E-state index in [-0.39, 0.29) is 29.5 Å². The first-order valence-corrected chi connectivity index (χ1v) is 10.7. The molecule has 1 saturated carbocycles. The van der Waals surface area contributed by atoms with Gasteiger partial charge in [-0.05, 0) is 37.1 Å². The summed E-state index contributed by atoms with van der Waals surface area (Å²) in [5, 5.41) is 14.3. The zero-order valence-corrected chi connectivity index (χ0v) is 17.2. The van der Waals surface area contributed by atoms with Crippen molar-refractivity contribution >= 4 is 57.3 Å². The fourth-order valence-corrected chi connectivity index (χ4v) is 4.22. The van der Waals surface area contributed by atoms with Gasteiger partial charge in [0.2, 0.25) is 22.9 Å². The lowest BCUT2D eigenvalue weighted by molar-refractivity contribution is -0.118. The Hall–Kier alpha value is -2.46. The van der Waals surface area contributed by atoms with Gasteiger partial charge in [0.25, 0.3) is 0 Å². The summed E-state index contributed by atoms with van der Waals surface area (Å²) in [5.41, 5.74) is 1.31. The molecule has 2 N–H and O–H groups in total. The van der Waals surface area contributed by atoms with Gasteiger partial charge in [0.1, 0.15) is 0 Å². The molecule has 0 bridgehead atoms. The summed E-state index contributed by atoms with van der Waals surface area (Å²) in [5.74, 6) is -0.0772. The first-order valence-electron chi connectivity index (χ1n) is 8.92. The van der Waals surface area contributed by atoms with Gasteiger partial charge in [-0.25, -0.2) is 0 Å². The molecule has 1 aliphatic rings. The van der Waals surface area contributed by atoms with Crippen LogP contribution in [0.15, 0.2) is 28.6 Å². The van der Waals surface area contributed by atoms with Crippen LogP contribution in [0, 0.1) is 0 Å². The quantitative estimate of drug-likeness (QED) is 0.503. The Labute approximate surface area is 171 Å². The summed E-state index contributed by atoms with van der Waals surface area (Å²) < 4.78 is 0.653. The predicted molar refractivity (Wildman–Crippen MR) is 111 cm³/mol. The van der Waals surface area contributed by atoms with Crippen LogP contribution < -0.4 is 15.5 Å². The van der Waals surface area contributed by atoms with Gasteiger partial charge < -0.3 is 10.6 Å². The smallest absolute Gasteiger partial charge is 0.234 e. The second-order valence-corrected chi connectivity index (χ2v) is 8.47. The molecular formula is C18H21N5O3S2. The average Bonchev–Trinajstić information content (AvgIpc) is 3.38. The Balaban J connectivity index is 1.51. The number of nitrogens with zero attached hydrogens (tertiary/aromatic N) is 3. The third kappa shape index (κ3) is 5.52. The molecule has 1 fully saturated rings. The van der Waals surface area contributed by atoms with E-state index in [9.17, 15) is 14.4 Å². The molecule has 3 rings (SSSR count). The summed E-state index contributed by atoms with van der Waals surface area (Å²) >= 11 is 2.62. The minimum absolute atomic E-state index is 0.0515. The van der Waals surface area contributed by atoms with Crippen LogP contribution in [-0.4, -0.2) is 39.7 Å². The summed E-state index contributed by atoms with van der Waals surface area (Å²) in [4.78, 5) is 37.0. The van der Waals surface area contributed by atoms with Crippen LogP contribution in [0.3, 0.4) is 0 Å². The fourth-order valence-electron chi connectivity index (χ4n) is 2.49. The van der Waals surface area contributed by atoms with Crippen molar-refractivity contribution in [2.24, 2.45) is 0 Å². The van der Waals surface area contributed by atoms with Gasteiger partial charge in [-0.1, -0.05) is 30.0 Å². The molecule has 148 valence electrons. The first-order chi connectivity index (χ1) is 13.5. The standard InChI is InChI=1S/C18H21N5O3S2/c1-3-16(26)23(14-8-9-14)17-21-22-18(28-17)27-10-15(25)20-13-6-4-12(5-7-13)19-11(2)24/h4-7,14H,3,8-10H2,1-2H3,(H,19,24)(H,20,25). The van der Waals surface area contributed by atoms with E-state index in [2.05, 4.69) is 20.8 Å². The zero-order chi connectivity index (χ0) is 20.1. The second-order valence-electron chi connectivity index (χ2n) is 6.29. The van der Waals surface area contributed by atoms with Crippen molar-refractivity contribution in [1.29, 1.82) is 0 Å². The van der Waals surface area contributed by atoms with E-state index in [1.807, 2.05) is 6.92 Å². The van der Waals surface area contributed by atoms with Gasteiger partial charge in [-0.15, -0.1) is 10.2 Å². The van der Waals surface area contributed by atoms with Gasteiger partial charge in [0, 0.05) is 30.8 Å². The number of benzene rings is 1. The molecule has 0 unspecified atom stereocenters. The highest BCUT2D eigenvalue weighted by Crippen LogP contribution is 2.36. The SMILES string of the molecule is CCC(=O)N(c1nnc(SCC(=O)Nc2ccc(NC(C)=O)cc2)s1)C1CC1. The maximum absolute atomic E-state index is 12.2. The lowest BCUT2D eigenvalue weighted by Gasteiger charge is -2.17. The van der Waals surface area contributed by atoms with Gasteiger partial charge >= 0.3 is 0 Å². The fraction of sp³-hybridized carbons (Fsp3) is 0.389. The average molecular weight is 420 g/mol. The molecule has 0 saturated heterocycles. The number of carbonyl (C=O) groups excluding carboxylic acids is 3. The van der Waals surface area contributed by atoms with E-state index in [1.165, 1.54) is 30.0 Å². The number of amides is 3. The molecule has 0 aliphatic heterocycles. The number of hydrogen-bond acceptors (Lipinski definition) is 7. The van der Waals surface area contributed by atoms with Crippen molar-refractivity contribution in [1.82, 2.24) is 10.2 Å².